The van der Waals surface area contributed by atoms with Gasteiger partial charge >= 0.3 is 5.97 Å². The Bertz CT molecular complexity index is 657. The van der Waals surface area contributed by atoms with Crippen LogP contribution in [0.2, 0.25) is 0 Å². The molecule has 0 spiro atoms. The molecule has 1 aromatic heterocycles. The SMILES string of the molecule is CCOC(=O)CN(CC)C(=O)c1ccc2nccnc2c1. The highest BCUT2D eigenvalue weighted by Crippen LogP contribution is 2.13. The van der Waals surface area contributed by atoms with Crippen LogP contribution in [0.15, 0.2) is 30.6 Å². The zero-order valence-electron chi connectivity index (χ0n) is 12.1. The van der Waals surface area contributed by atoms with E-state index in [1.807, 2.05) is 6.92 Å². The highest BCUT2D eigenvalue weighted by Gasteiger charge is 2.18. The second-order valence-corrected chi connectivity index (χ2v) is 4.38. The van der Waals surface area contributed by atoms with Gasteiger partial charge in [0.2, 0.25) is 0 Å². The maximum Gasteiger partial charge on any atom is 0.325 e. The van der Waals surface area contributed by atoms with E-state index in [1.165, 1.54) is 4.90 Å². The summed E-state index contributed by atoms with van der Waals surface area (Å²) in [5, 5.41) is 0. The Morgan fingerprint density at radius 2 is 1.86 bits per heavy atom. The Balaban J connectivity index is 2.20. The molecule has 0 bridgehead atoms. The summed E-state index contributed by atoms with van der Waals surface area (Å²) in [7, 11) is 0. The molecule has 0 saturated carbocycles. The molecule has 0 aliphatic rings. The highest BCUT2D eigenvalue weighted by atomic mass is 16.5. The van der Waals surface area contributed by atoms with Crippen molar-refractivity contribution < 1.29 is 14.3 Å². The van der Waals surface area contributed by atoms with Crippen molar-refractivity contribution in [3.05, 3.63) is 36.2 Å². The third-order valence-electron chi connectivity index (χ3n) is 3.01. The van der Waals surface area contributed by atoms with Gasteiger partial charge in [0.05, 0.1) is 17.6 Å². The lowest BCUT2D eigenvalue weighted by Gasteiger charge is -2.19. The number of ether oxygens (including phenoxy) is 1. The maximum atomic E-state index is 12.4. The van der Waals surface area contributed by atoms with Crippen LogP contribution in [0.1, 0.15) is 24.2 Å². The molecule has 6 nitrogen and oxygen atoms in total. The van der Waals surface area contributed by atoms with Crippen molar-refractivity contribution >= 4 is 22.9 Å². The number of rotatable bonds is 5. The van der Waals surface area contributed by atoms with Crippen LogP contribution in [0, 0.1) is 0 Å². The molecule has 1 aromatic carbocycles. The quantitative estimate of drug-likeness (QED) is 0.782. The van der Waals surface area contributed by atoms with E-state index < -0.39 is 5.97 Å². The number of benzene rings is 1. The van der Waals surface area contributed by atoms with Crippen molar-refractivity contribution in [2.45, 2.75) is 13.8 Å². The molecule has 0 aliphatic heterocycles. The first-order valence-corrected chi connectivity index (χ1v) is 6.81. The summed E-state index contributed by atoms with van der Waals surface area (Å²) < 4.78 is 4.88. The van der Waals surface area contributed by atoms with Crippen LogP contribution >= 0.6 is 0 Å². The van der Waals surface area contributed by atoms with Crippen molar-refractivity contribution in [1.29, 1.82) is 0 Å². The van der Waals surface area contributed by atoms with Gasteiger partial charge in [-0.25, -0.2) is 0 Å². The van der Waals surface area contributed by atoms with Gasteiger partial charge in [-0.2, -0.15) is 0 Å². The number of likely N-dealkylation sites (N-methyl/N-ethyl adjacent to an activating group) is 1. The van der Waals surface area contributed by atoms with Crippen molar-refractivity contribution in [2.24, 2.45) is 0 Å². The number of esters is 1. The number of nitrogens with zero attached hydrogens (tertiary/aromatic N) is 3. The van der Waals surface area contributed by atoms with Crippen LogP contribution in [-0.2, 0) is 9.53 Å². The number of carbonyl (C=O) groups is 2. The lowest BCUT2D eigenvalue weighted by Crippen LogP contribution is -2.36. The second kappa shape index (κ2) is 6.78. The van der Waals surface area contributed by atoms with Crippen molar-refractivity contribution in [3.8, 4) is 0 Å². The summed E-state index contributed by atoms with van der Waals surface area (Å²) in [6.45, 7) is 4.23. The largest absolute Gasteiger partial charge is 0.465 e. The minimum atomic E-state index is -0.409. The molecule has 2 aromatic rings. The number of amides is 1. The topological polar surface area (TPSA) is 72.4 Å². The van der Waals surface area contributed by atoms with E-state index in [0.717, 1.165) is 5.52 Å². The molecule has 0 atom stereocenters. The van der Waals surface area contributed by atoms with Crippen LogP contribution in [0.5, 0.6) is 0 Å². The lowest BCUT2D eigenvalue weighted by molar-refractivity contribution is -0.143. The van der Waals surface area contributed by atoms with Gasteiger partial charge in [-0.3, -0.25) is 19.6 Å². The van der Waals surface area contributed by atoms with Crippen LogP contribution in [0.4, 0.5) is 0 Å². The predicted octanol–water partition coefficient (Wildman–Crippen LogP) is 1.66. The number of carbonyl (C=O) groups excluding carboxylic acids is 2. The average molecular weight is 287 g/mol. The van der Waals surface area contributed by atoms with Gasteiger partial charge < -0.3 is 9.64 Å². The summed E-state index contributed by atoms with van der Waals surface area (Å²) >= 11 is 0. The molecule has 0 radical (unpaired) electrons. The zero-order chi connectivity index (χ0) is 15.2. The van der Waals surface area contributed by atoms with Gasteiger partial charge in [0, 0.05) is 24.5 Å². The van der Waals surface area contributed by atoms with Crippen LogP contribution < -0.4 is 0 Å². The van der Waals surface area contributed by atoms with Gasteiger partial charge in [-0.05, 0) is 32.0 Å². The van der Waals surface area contributed by atoms with Crippen LogP contribution in [0.25, 0.3) is 11.0 Å². The van der Waals surface area contributed by atoms with E-state index in [9.17, 15) is 9.59 Å². The third-order valence-corrected chi connectivity index (χ3v) is 3.01. The first kappa shape index (κ1) is 14.9. The average Bonchev–Trinajstić information content (AvgIpc) is 2.51. The Hall–Kier alpha value is -2.50. The molecule has 2 rings (SSSR count). The maximum absolute atomic E-state index is 12.4. The fourth-order valence-electron chi connectivity index (χ4n) is 1.97. The molecular weight excluding hydrogens is 270 g/mol. The number of hydrogen-bond donors (Lipinski definition) is 0. The fraction of sp³-hybridized carbons (Fsp3) is 0.333. The molecule has 0 fully saturated rings. The molecule has 6 heteroatoms. The molecule has 110 valence electrons. The molecule has 1 amide bonds. The predicted molar refractivity (Wildman–Crippen MR) is 77.7 cm³/mol. The standard InChI is InChI=1S/C15H17N3O3/c1-3-18(10-14(19)21-4-2)15(20)11-5-6-12-13(9-11)17-8-7-16-12/h5-9H,3-4,10H2,1-2H3. The van der Waals surface area contributed by atoms with Gasteiger partial charge in [-0.15, -0.1) is 0 Å². The Kier molecular flexibility index (Phi) is 4.81. The monoisotopic (exact) mass is 287 g/mol. The molecule has 21 heavy (non-hydrogen) atoms. The minimum absolute atomic E-state index is 0.0539. The number of aromatic nitrogens is 2. The molecule has 0 saturated heterocycles. The van der Waals surface area contributed by atoms with E-state index in [4.69, 9.17) is 4.74 Å². The summed E-state index contributed by atoms with van der Waals surface area (Å²) in [6, 6.07) is 5.11. The van der Waals surface area contributed by atoms with E-state index >= 15 is 0 Å². The summed E-state index contributed by atoms with van der Waals surface area (Å²) in [5.74, 6) is -0.633. The fourth-order valence-corrected chi connectivity index (χ4v) is 1.97. The number of hydrogen-bond acceptors (Lipinski definition) is 5. The van der Waals surface area contributed by atoms with E-state index in [1.54, 1.807) is 37.5 Å². The first-order chi connectivity index (χ1) is 10.2. The summed E-state index contributed by atoms with van der Waals surface area (Å²) in [5.41, 5.74) is 1.85. The van der Waals surface area contributed by atoms with Gasteiger partial charge in [0.15, 0.2) is 0 Å². The Morgan fingerprint density at radius 3 is 2.52 bits per heavy atom. The van der Waals surface area contributed by atoms with Crippen molar-refractivity contribution in [1.82, 2.24) is 14.9 Å². The molecule has 1 heterocycles. The smallest absolute Gasteiger partial charge is 0.325 e. The molecule has 0 unspecified atom stereocenters. The zero-order valence-corrected chi connectivity index (χ0v) is 12.1. The summed E-state index contributed by atoms with van der Waals surface area (Å²) in [4.78, 5) is 33.7. The van der Waals surface area contributed by atoms with Crippen LogP contribution in [0.3, 0.4) is 0 Å². The normalized spacial score (nSPS) is 10.4. The molecule has 0 aliphatic carbocycles. The van der Waals surface area contributed by atoms with Gasteiger partial charge in [-0.1, -0.05) is 0 Å². The van der Waals surface area contributed by atoms with E-state index in [0.29, 0.717) is 24.2 Å². The van der Waals surface area contributed by atoms with Crippen molar-refractivity contribution in [2.75, 3.05) is 19.7 Å². The number of fused-ring (bicyclic) bond motifs is 1. The van der Waals surface area contributed by atoms with Crippen LogP contribution in [-0.4, -0.2) is 46.4 Å². The highest BCUT2D eigenvalue weighted by molar-refractivity contribution is 5.98. The Labute approximate surface area is 122 Å². The van der Waals surface area contributed by atoms with E-state index in [2.05, 4.69) is 9.97 Å². The lowest BCUT2D eigenvalue weighted by atomic mass is 10.1. The Morgan fingerprint density at radius 1 is 1.14 bits per heavy atom. The summed E-state index contributed by atoms with van der Waals surface area (Å²) in [6.07, 6.45) is 3.18. The van der Waals surface area contributed by atoms with Gasteiger partial charge in [0.25, 0.3) is 5.91 Å². The van der Waals surface area contributed by atoms with E-state index in [-0.39, 0.29) is 12.5 Å². The first-order valence-electron chi connectivity index (χ1n) is 6.81. The third kappa shape index (κ3) is 3.53. The molecule has 0 N–H and O–H groups in total. The minimum Gasteiger partial charge on any atom is -0.465 e. The molecular formula is C15H17N3O3. The van der Waals surface area contributed by atoms with Gasteiger partial charge in [0.1, 0.15) is 6.54 Å². The second-order valence-electron chi connectivity index (χ2n) is 4.38. The van der Waals surface area contributed by atoms with Crippen molar-refractivity contribution in [3.63, 3.8) is 0 Å².